The second-order valence-electron chi connectivity index (χ2n) is 6.99. The fraction of sp³-hybridized carbons (Fsp3) is 0.526. The Morgan fingerprint density at radius 2 is 2.20 bits per heavy atom. The number of aliphatic hydroxyl groups excluding tert-OH is 1. The van der Waals surface area contributed by atoms with E-state index in [1.807, 2.05) is 0 Å². The summed E-state index contributed by atoms with van der Waals surface area (Å²) in [6.45, 7) is 3.15. The second-order valence-corrected chi connectivity index (χ2v) is 7.62. The maximum Gasteiger partial charge on any atom is 0.182 e. The van der Waals surface area contributed by atoms with Gasteiger partial charge in [-0.3, -0.25) is 14.4 Å². The molecule has 2 saturated carbocycles. The molecular weight excluding hydrogens is 340 g/mol. The molecule has 0 heterocycles. The van der Waals surface area contributed by atoms with E-state index in [0.29, 0.717) is 18.4 Å². The van der Waals surface area contributed by atoms with E-state index in [1.165, 1.54) is 0 Å². The quantitative estimate of drug-likeness (QED) is 0.454. The summed E-state index contributed by atoms with van der Waals surface area (Å²) in [5.41, 5.74) is -0.638. The molecular formula is C19H20O5S. The second kappa shape index (κ2) is 6.15. The van der Waals surface area contributed by atoms with Gasteiger partial charge in [0.2, 0.25) is 0 Å². The molecule has 1 N–H and O–H groups in total. The molecule has 0 spiro atoms. The van der Waals surface area contributed by atoms with Gasteiger partial charge >= 0.3 is 0 Å². The molecule has 132 valence electrons. The maximum absolute atomic E-state index is 13.0. The van der Waals surface area contributed by atoms with Crippen LogP contribution in [0, 0.1) is 30.1 Å². The number of fused-ring (bicyclic) bond motifs is 1. The first-order valence-electron chi connectivity index (χ1n) is 8.22. The average molecular weight is 360 g/mol. The molecule has 6 heteroatoms. The van der Waals surface area contributed by atoms with Crippen LogP contribution in [0.2, 0.25) is 0 Å². The number of ketones is 3. The minimum atomic E-state index is -1.39. The summed E-state index contributed by atoms with van der Waals surface area (Å²) in [5.74, 6) is -1.05. The first kappa shape index (κ1) is 18.0. The molecule has 5 nitrogen and oxygen atoms in total. The van der Waals surface area contributed by atoms with E-state index in [4.69, 9.17) is 11.2 Å². The van der Waals surface area contributed by atoms with E-state index in [9.17, 15) is 19.5 Å². The summed E-state index contributed by atoms with van der Waals surface area (Å²) in [6, 6.07) is 0. The van der Waals surface area contributed by atoms with Crippen molar-refractivity contribution in [1.29, 1.82) is 0 Å². The molecule has 0 aromatic heterocycles. The highest BCUT2D eigenvalue weighted by atomic mass is 32.1. The molecule has 25 heavy (non-hydrogen) atoms. The van der Waals surface area contributed by atoms with E-state index < -0.39 is 23.1 Å². The van der Waals surface area contributed by atoms with Gasteiger partial charge in [-0.2, -0.15) is 12.6 Å². The van der Waals surface area contributed by atoms with Crippen molar-refractivity contribution < 1.29 is 24.2 Å². The number of allylic oxidation sites excluding steroid dienone is 3. The molecule has 3 rings (SSSR count). The fourth-order valence-electron chi connectivity index (χ4n) is 3.87. The first-order valence-corrected chi connectivity index (χ1v) is 8.73. The lowest BCUT2D eigenvalue weighted by Crippen LogP contribution is -2.54. The van der Waals surface area contributed by atoms with Crippen LogP contribution in [0.5, 0.6) is 0 Å². The zero-order chi connectivity index (χ0) is 18.5. The number of ether oxygens (including phenoxy) is 1. The van der Waals surface area contributed by atoms with Crippen LogP contribution in [0.25, 0.3) is 0 Å². The molecule has 5 atom stereocenters. The molecule has 0 bridgehead atoms. The van der Waals surface area contributed by atoms with E-state index in [1.54, 1.807) is 19.9 Å². The van der Waals surface area contributed by atoms with Crippen molar-refractivity contribution in [3.05, 3.63) is 23.0 Å². The summed E-state index contributed by atoms with van der Waals surface area (Å²) in [5, 5.41) is 9.69. The average Bonchev–Trinajstić information content (AvgIpc) is 3.38. The van der Waals surface area contributed by atoms with Crippen molar-refractivity contribution in [3.63, 3.8) is 0 Å². The number of carbonyl (C=O) groups excluding carboxylic acids is 3. The third-order valence-electron chi connectivity index (χ3n) is 5.53. The summed E-state index contributed by atoms with van der Waals surface area (Å²) < 4.78 is 5.58. The Balaban J connectivity index is 1.94. The van der Waals surface area contributed by atoms with Crippen LogP contribution in [-0.4, -0.2) is 39.9 Å². The van der Waals surface area contributed by atoms with Crippen molar-refractivity contribution in [1.82, 2.24) is 0 Å². The number of hydrogen-bond acceptors (Lipinski definition) is 6. The highest BCUT2D eigenvalue weighted by Crippen LogP contribution is 2.55. The van der Waals surface area contributed by atoms with E-state index in [0.717, 1.165) is 0 Å². The minimum Gasteiger partial charge on any atom is -0.511 e. The van der Waals surface area contributed by atoms with Crippen molar-refractivity contribution in [2.45, 2.75) is 37.5 Å². The molecule has 0 saturated heterocycles. The van der Waals surface area contributed by atoms with E-state index in [2.05, 4.69) is 18.5 Å². The van der Waals surface area contributed by atoms with Crippen molar-refractivity contribution in [3.8, 4) is 12.3 Å². The Hall–Kier alpha value is -1.84. The van der Waals surface area contributed by atoms with Gasteiger partial charge in [-0.05, 0) is 32.3 Å². The smallest absolute Gasteiger partial charge is 0.182 e. The third-order valence-corrected chi connectivity index (χ3v) is 5.99. The highest BCUT2D eigenvalue weighted by molar-refractivity contribution is 7.81. The number of hydrogen-bond donors (Lipinski definition) is 2. The Morgan fingerprint density at radius 3 is 2.84 bits per heavy atom. The molecule has 2 fully saturated rings. The van der Waals surface area contributed by atoms with Crippen molar-refractivity contribution >= 4 is 30.0 Å². The predicted octanol–water partition coefficient (Wildman–Crippen LogP) is 1.83. The number of terminal acetylenes is 1. The van der Waals surface area contributed by atoms with Crippen LogP contribution < -0.4 is 0 Å². The summed E-state index contributed by atoms with van der Waals surface area (Å²) in [6.07, 6.45) is 7.75. The lowest BCUT2D eigenvalue weighted by molar-refractivity contribution is -0.159. The fourth-order valence-corrected chi connectivity index (χ4v) is 4.17. The van der Waals surface area contributed by atoms with Crippen LogP contribution >= 0.6 is 12.6 Å². The molecule has 5 unspecified atom stereocenters. The van der Waals surface area contributed by atoms with Crippen LogP contribution in [0.4, 0.5) is 0 Å². The predicted molar refractivity (Wildman–Crippen MR) is 94.1 cm³/mol. The maximum atomic E-state index is 13.0. The van der Waals surface area contributed by atoms with Gasteiger partial charge in [0.1, 0.15) is 23.9 Å². The number of aliphatic hydroxyl groups is 1. The molecule has 3 aliphatic carbocycles. The zero-order valence-corrected chi connectivity index (χ0v) is 15.0. The number of rotatable bonds is 4. The summed E-state index contributed by atoms with van der Waals surface area (Å²) in [4.78, 5) is 38.6. The topological polar surface area (TPSA) is 80.7 Å². The molecule has 0 amide bonds. The molecule has 3 aliphatic rings. The van der Waals surface area contributed by atoms with Gasteiger partial charge in [-0.15, -0.1) is 6.42 Å². The molecule has 0 aromatic carbocycles. The molecule has 0 radical (unpaired) electrons. The van der Waals surface area contributed by atoms with Gasteiger partial charge in [-0.1, -0.05) is 12.0 Å². The number of thiol groups is 1. The van der Waals surface area contributed by atoms with Crippen molar-refractivity contribution in [2.24, 2.45) is 17.8 Å². The number of Topliss-reactive ketones (excluding diaryl/α,β-unsaturated/α-hetero) is 3. The van der Waals surface area contributed by atoms with Gasteiger partial charge in [0.05, 0.1) is 5.25 Å². The largest absolute Gasteiger partial charge is 0.511 e. The Labute approximate surface area is 151 Å². The molecule has 0 aliphatic heterocycles. The normalized spacial score (nSPS) is 37.3. The standard InChI is InChI=1S/C19H20O5S/c1-4-7-24-19(3)12-8-11(12)17(22)14(18(19)23)16(21)10-5-6-13(25)15(20)9(10)2/h1,5,11-14,20,25H,6-8H2,2-3H3. The van der Waals surface area contributed by atoms with Gasteiger partial charge in [0.15, 0.2) is 17.3 Å². The number of carbonyl (C=O) groups is 3. The minimum absolute atomic E-state index is 0.000493. The van der Waals surface area contributed by atoms with Gasteiger partial charge in [0, 0.05) is 17.4 Å². The van der Waals surface area contributed by atoms with Gasteiger partial charge < -0.3 is 9.84 Å². The summed E-state index contributed by atoms with van der Waals surface area (Å²) >= 11 is 4.24. The first-order chi connectivity index (χ1) is 11.7. The van der Waals surface area contributed by atoms with Crippen molar-refractivity contribution in [2.75, 3.05) is 6.61 Å². The lowest BCUT2D eigenvalue weighted by atomic mass is 9.72. The highest BCUT2D eigenvalue weighted by Gasteiger charge is 2.66. The Morgan fingerprint density at radius 1 is 1.52 bits per heavy atom. The van der Waals surface area contributed by atoms with E-state index >= 15 is 0 Å². The molecule has 0 aromatic rings. The zero-order valence-electron chi connectivity index (χ0n) is 14.1. The monoisotopic (exact) mass is 360 g/mol. The Bertz CT molecular complexity index is 771. The van der Waals surface area contributed by atoms with E-state index in [-0.39, 0.29) is 40.8 Å². The van der Waals surface area contributed by atoms with Crippen LogP contribution in [0.15, 0.2) is 23.0 Å². The van der Waals surface area contributed by atoms with Gasteiger partial charge in [-0.25, -0.2) is 0 Å². The van der Waals surface area contributed by atoms with Crippen LogP contribution in [0.1, 0.15) is 26.7 Å². The SMILES string of the molecule is C#CCOC1(C)C(=O)C(C(=O)C2=CCC(S)C(O)=C2C)C(=O)C2CC21. The third kappa shape index (κ3) is 2.66. The lowest BCUT2D eigenvalue weighted by Gasteiger charge is -2.35. The van der Waals surface area contributed by atoms with Crippen LogP contribution in [0.3, 0.4) is 0 Å². The summed E-state index contributed by atoms with van der Waals surface area (Å²) in [7, 11) is 0. The van der Waals surface area contributed by atoms with Gasteiger partial charge in [0.25, 0.3) is 0 Å². The van der Waals surface area contributed by atoms with Crippen LogP contribution in [-0.2, 0) is 19.1 Å². The Kier molecular flexibility index (Phi) is 4.42.